The summed E-state index contributed by atoms with van der Waals surface area (Å²) in [5, 5.41) is 2.92. The largest absolute Gasteiger partial charge is 0.487 e. The molecule has 5 rings (SSSR count). The number of rotatable bonds is 6. The van der Waals surface area contributed by atoms with Gasteiger partial charge < -0.3 is 18.9 Å². The molecule has 160 valence electrons. The SMILES string of the molecule is Cc1ccc2nc(COc3cccc(C(=O)NCc4cn5cc(Br)ccc5n4)c3)cn2c1. The van der Waals surface area contributed by atoms with Gasteiger partial charge in [0, 0.05) is 34.8 Å². The van der Waals surface area contributed by atoms with Gasteiger partial charge in [0.05, 0.1) is 17.9 Å². The van der Waals surface area contributed by atoms with Crippen molar-refractivity contribution in [3.05, 3.63) is 100 Å². The van der Waals surface area contributed by atoms with E-state index in [0.717, 1.165) is 32.7 Å². The number of nitrogens with one attached hydrogen (secondary N) is 1. The van der Waals surface area contributed by atoms with Crippen molar-refractivity contribution in [3.63, 3.8) is 0 Å². The van der Waals surface area contributed by atoms with E-state index < -0.39 is 0 Å². The lowest BCUT2D eigenvalue weighted by Gasteiger charge is -2.07. The minimum Gasteiger partial charge on any atom is -0.487 e. The molecule has 4 heterocycles. The fourth-order valence-electron chi connectivity index (χ4n) is 3.48. The molecule has 0 aliphatic heterocycles. The maximum Gasteiger partial charge on any atom is 0.251 e. The first-order chi connectivity index (χ1) is 15.5. The second-order valence-corrected chi connectivity index (χ2v) is 8.46. The van der Waals surface area contributed by atoms with Crippen molar-refractivity contribution in [2.24, 2.45) is 0 Å². The average Bonchev–Trinajstić information content (AvgIpc) is 3.38. The lowest BCUT2D eigenvalue weighted by molar-refractivity contribution is 0.0950. The average molecular weight is 490 g/mol. The first kappa shape index (κ1) is 20.3. The number of benzene rings is 1. The van der Waals surface area contributed by atoms with E-state index in [1.54, 1.807) is 18.2 Å². The van der Waals surface area contributed by atoms with Gasteiger partial charge in [0.1, 0.15) is 23.7 Å². The van der Waals surface area contributed by atoms with E-state index in [2.05, 4.69) is 31.2 Å². The second-order valence-electron chi connectivity index (χ2n) is 7.55. The fourth-order valence-corrected chi connectivity index (χ4v) is 3.84. The molecule has 0 aliphatic carbocycles. The van der Waals surface area contributed by atoms with Gasteiger partial charge in [-0.25, -0.2) is 9.97 Å². The summed E-state index contributed by atoms with van der Waals surface area (Å²) in [7, 11) is 0. The molecule has 0 bridgehead atoms. The molecular weight excluding hydrogens is 470 g/mol. The Morgan fingerprint density at radius 3 is 2.59 bits per heavy atom. The van der Waals surface area contributed by atoms with Crippen LogP contribution in [0, 0.1) is 6.92 Å². The third-order valence-electron chi connectivity index (χ3n) is 5.03. The van der Waals surface area contributed by atoms with E-state index in [-0.39, 0.29) is 5.91 Å². The van der Waals surface area contributed by atoms with Crippen molar-refractivity contribution in [2.45, 2.75) is 20.1 Å². The number of carbonyl (C=O) groups is 1. The summed E-state index contributed by atoms with van der Waals surface area (Å²) in [6.07, 6.45) is 7.81. The van der Waals surface area contributed by atoms with Crippen molar-refractivity contribution in [1.29, 1.82) is 0 Å². The summed E-state index contributed by atoms with van der Waals surface area (Å²) in [6.45, 7) is 2.70. The van der Waals surface area contributed by atoms with E-state index in [1.165, 1.54) is 0 Å². The van der Waals surface area contributed by atoms with Gasteiger partial charge in [0.25, 0.3) is 5.91 Å². The van der Waals surface area contributed by atoms with Crippen LogP contribution < -0.4 is 10.1 Å². The van der Waals surface area contributed by atoms with Crippen molar-refractivity contribution < 1.29 is 9.53 Å². The highest BCUT2D eigenvalue weighted by molar-refractivity contribution is 9.10. The molecule has 8 heteroatoms. The molecular formula is C24H20BrN5O2. The van der Waals surface area contributed by atoms with Crippen LogP contribution in [0.25, 0.3) is 11.3 Å². The van der Waals surface area contributed by atoms with Crippen molar-refractivity contribution >= 4 is 33.1 Å². The van der Waals surface area contributed by atoms with Gasteiger partial charge >= 0.3 is 0 Å². The highest BCUT2D eigenvalue weighted by atomic mass is 79.9. The molecule has 0 saturated carbocycles. The van der Waals surface area contributed by atoms with Crippen LogP contribution in [0.3, 0.4) is 0 Å². The molecule has 0 spiro atoms. The van der Waals surface area contributed by atoms with Crippen LogP contribution in [0.1, 0.15) is 27.3 Å². The van der Waals surface area contributed by atoms with Crippen LogP contribution >= 0.6 is 15.9 Å². The van der Waals surface area contributed by atoms with Crippen LogP contribution in [-0.2, 0) is 13.2 Å². The van der Waals surface area contributed by atoms with Crippen molar-refractivity contribution in [3.8, 4) is 5.75 Å². The van der Waals surface area contributed by atoms with E-state index in [1.807, 2.05) is 70.8 Å². The molecule has 0 fully saturated rings. The van der Waals surface area contributed by atoms with Gasteiger partial charge in [-0.1, -0.05) is 12.1 Å². The third kappa shape index (κ3) is 4.36. The standard InChI is InChI=1S/C24H20BrN5O2/c1-16-5-7-22-28-20(14-29(22)11-16)15-32-21-4-2-3-17(9-21)24(31)26-10-19-13-30-12-18(25)6-8-23(30)27-19/h2-9,11-14H,10,15H2,1H3,(H,26,31). The molecule has 0 atom stereocenters. The zero-order chi connectivity index (χ0) is 22.1. The lowest BCUT2D eigenvalue weighted by atomic mass is 10.2. The van der Waals surface area contributed by atoms with Gasteiger partial charge in [0.15, 0.2) is 0 Å². The molecule has 4 aromatic heterocycles. The van der Waals surface area contributed by atoms with Gasteiger partial charge in [-0.2, -0.15) is 0 Å². The summed E-state index contributed by atoms with van der Waals surface area (Å²) in [5.74, 6) is 0.431. The molecule has 1 N–H and O–H groups in total. The number of pyridine rings is 2. The van der Waals surface area contributed by atoms with Gasteiger partial charge in [-0.15, -0.1) is 0 Å². The fraction of sp³-hybridized carbons (Fsp3) is 0.125. The van der Waals surface area contributed by atoms with E-state index in [4.69, 9.17) is 4.74 Å². The highest BCUT2D eigenvalue weighted by Gasteiger charge is 2.09. The number of halogens is 1. The smallest absolute Gasteiger partial charge is 0.251 e. The Morgan fingerprint density at radius 1 is 0.969 bits per heavy atom. The number of aryl methyl sites for hydroxylation is 1. The monoisotopic (exact) mass is 489 g/mol. The quantitative estimate of drug-likeness (QED) is 0.379. The number of nitrogens with zero attached hydrogens (tertiary/aromatic N) is 4. The maximum atomic E-state index is 12.6. The summed E-state index contributed by atoms with van der Waals surface area (Å²) in [5.41, 5.74) is 5.00. The molecule has 1 aromatic carbocycles. The molecule has 7 nitrogen and oxygen atoms in total. The molecule has 0 unspecified atom stereocenters. The van der Waals surface area contributed by atoms with Crippen LogP contribution in [-0.4, -0.2) is 24.7 Å². The number of imidazole rings is 2. The summed E-state index contributed by atoms with van der Waals surface area (Å²) in [6, 6.07) is 15.0. The third-order valence-corrected chi connectivity index (χ3v) is 5.50. The Balaban J connectivity index is 1.22. The maximum absolute atomic E-state index is 12.6. The molecule has 0 saturated heterocycles. The predicted octanol–water partition coefficient (Wildman–Crippen LogP) is 4.56. The van der Waals surface area contributed by atoms with E-state index >= 15 is 0 Å². The summed E-state index contributed by atoms with van der Waals surface area (Å²) in [4.78, 5) is 21.7. The Morgan fingerprint density at radius 2 is 1.72 bits per heavy atom. The van der Waals surface area contributed by atoms with E-state index in [0.29, 0.717) is 24.5 Å². The number of hydrogen-bond donors (Lipinski definition) is 1. The summed E-state index contributed by atoms with van der Waals surface area (Å²) >= 11 is 3.45. The first-order valence-corrected chi connectivity index (χ1v) is 10.9. The Labute approximate surface area is 192 Å². The number of ether oxygens (including phenoxy) is 1. The first-order valence-electron chi connectivity index (χ1n) is 10.1. The molecule has 0 radical (unpaired) electrons. The topological polar surface area (TPSA) is 72.9 Å². The molecule has 0 aliphatic rings. The number of carbonyl (C=O) groups excluding carboxylic acids is 1. The minimum atomic E-state index is -0.183. The normalized spacial score (nSPS) is 11.2. The van der Waals surface area contributed by atoms with Crippen LogP contribution in [0.2, 0.25) is 0 Å². The predicted molar refractivity (Wildman–Crippen MR) is 125 cm³/mol. The molecule has 1 amide bonds. The number of hydrogen-bond acceptors (Lipinski definition) is 4. The highest BCUT2D eigenvalue weighted by Crippen LogP contribution is 2.17. The number of amides is 1. The zero-order valence-corrected chi connectivity index (χ0v) is 18.9. The molecule has 32 heavy (non-hydrogen) atoms. The van der Waals surface area contributed by atoms with Crippen LogP contribution in [0.5, 0.6) is 5.75 Å². The Kier molecular flexibility index (Phi) is 5.36. The van der Waals surface area contributed by atoms with Crippen molar-refractivity contribution in [1.82, 2.24) is 24.1 Å². The number of aromatic nitrogens is 4. The van der Waals surface area contributed by atoms with Crippen molar-refractivity contribution in [2.75, 3.05) is 0 Å². The van der Waals surface area contributed by atoms with Gasteiger partial charge in [0.2, 0.25) is 0 Å². The minimum absolute atomic E-state index is 0.183. The van der Waals surface area contributed by atoms with Gasteiger partial charge in [-0.05, 0) is 64.8 Å². The Bertz CT molecular complexity index is 1440. The van der Waals surface area contributed by atoms with E-state index in [9.17, 15) is 4.79 Å². The Hall–Kier alpha value is -3.65. The van der Waals surface area contributed by atoms with Crippen LogP contribution in [0.15, 0.2) is 77.8 Å². The summed E-state index contributed by atoms with van der Waals surface area (Å²) < 4.78 is 10.7. The van der Waals surface area contributed by atoms with Gasteiger partial charge in [-0.3, -0.25) is 4.79 Å². The number of fused-ring (bicyclic) bond motifs is 2. The second kappa shape index (κ2) is 8.47. The van der Waals surface area contributed by atoms with Crippen LogP contribution in [0.4, 0.5) is 0 Å². The lowest BCUT2D eigenvalue weighted by Crippen LogP contribution is -2.22. The zero-order valence-electron chi connectivity index (χ0n) is 17.3. The molecule has 5 aromatic rings.